The molecule has 2 N–H and O–H groups in total. The van der Waals surface area contributed by atoms with E-state index in [4.69, 9.17) is 16.3 Å². The number of carbonyl (C=O) groups excluding carboxylic acids is 1. The summed E-state index contributed by atoms with van der Waals surface area (Å²) >= 11 is 6.07. The first-order valence-electron chi connectivity index (χ1n) is 6.78. The van der Waals surface area contributed by atoms with E-state index in [2.05, 4.69) is 10.6 Å². The minimum absolute atomic E-state index is 0. The Morgan fingerprint density at radius 2 is 2.09 bits per heavy atom. The van der Waals surface area contributed by atoms with Gasteiger partial charge in [0.25, 0.3) is 0 Å². The van der Waals surface area contributed by atoms with Gasteiger partial charge in [-0.05, 0) is 17.7 Å². The molecule has 0 atom stereocenters. The van der Waals surface area contributed by atoms with Gasteiger partial charge in [0.05, 0.1) is 13.2 Å². The lowest BCUT2D eigenvalue weighted by molar-refractivity contribution is -0.120. The summed E-state index contributed by atoms with van der Waals surface area (Å²) in [6.45, 7) is 5.73. The number of hydrogen-bond donors (Lipinski definition) is 2. The fourth-order valence-corrected chi connectivity index (χ4v) is 2.31. The first-order chi connectivity index (χ1) is 9.86. The fraction of sp³-hybridized carbons (Fsp3) is 0.533. The molecule has 1 amide bonds. The molecule has 1 rings (SSSR count). The minimum Gasteiger partial charge on any atom is -0.383 e. The van der Waals surface area contributed by atoms with Gasteiger partial charge in [-0.2, -0.15) is 0 Å². The molecule has 0 bridgehead atoms. The second-order valence-electron chi connectivity index (χ2n) is 5.45. The first-order valence-corrected chi connectivity index (χ1v) is 7.16. The Bertz CT molecular complexity index is 485. The number of amides is 1. The van der Waals surface area contributed by atoms with Gasteiger partial charge in [-0.15, -0.1) is 12.4 Å². The van der Waals surface area contributed by atoms with Crippen LogP contribution in [0.5, 0.6) is 0 Å². The summed E-state index contributed by atoms with van der Waals surface area (Å²) in [6, 6.07) is 4.31. The molecule has 0 heterocycles. The van der Waals surface area contributed by atoms with E-state index in [0.717, 1.165) is 5.56 Å². The van der Waals surface area contributed by atoms with E-state index in [-0.39, 0.29) is 36.1 Å². The Morgan fingerprint density at radius 1 is 1.41 bits per heavy atom. The van der Waals surface area contributed by atoms with Gasteiger partial charge < -0.3 is 15.4 Å². The molecular weight excluding hydrogens is 330 g/mol. The third-order valence-corrected chi connectivity index (χ3v) is 3.47. The number of hydrogen-bond acceptors (Lipinski definition) is 3. The van der Waals surface area contributed by atoms with Crippen molar-refractivity contribution in [3.63, 3.8) is 0 Å². The van der Waals surface area contributed by atoms with Crippen LogP contribution in [0.15, 0.2) is 18.2 Å². The topological polar surface area (TPSA) is 50.4 Å². The predicted molar refractivity (Wildman–Crippen MR) is 89.4 cm³/mol. The molecule has 0 aliphatic heterocycles. The maximum Gasteiger partial charge on any atom is 0.233 e. The van der Waals surface area contributed by atoms with Crippen molar-refractivity contribution in [2.45, 2.75) is 19.3 Å². The lowest BCUT2D eigenvalue weighted by Crippen LogP contribution is -2.41. The van der Waals surface area contributed by atoms with Crippen LogP contribution < -0.4 is 10.6 Å². The van der Waals surface area contributed by atoms with Crippen molar-refractivity contribution in [2.75, 3.05) is 33.4 Å². The van der Waals surface area contributed by atoms with Crippen molar-refractivity contribution in [3.05, 3.63) is 34.6 Å². The van der Waals surface area contributed by atoms with Gasteiger partial charge >= 0.3 is 0 Å². The van der Waals surface area contributed by atoms with Crippen LogP contribution in [0.25, 0.3) is 0 Å². The smallest absolute Gasteiger partial charge is 0.233 e. The summed E-state index contributed by atoms with van der Waals surface area (Å²) in [6.07, 6.45) is 0. The van der Waals surface area contributed by atoms with E-state index in [1.807, 2.05) is 13.8 Å². The SMILES string of the molecule is COCCNCC(=O)NCC(C)(C)c1ccc(F)cc1Cl.Cl. The van der Waals surface area contributed by atoms with E-state index >= 15 is 0 Å². The molecule has 1 aromatic carbocycles. The zero-order valence-corrected chi connectivity index (χ0v) is 14.6. The van der Waals surface area contributed by atoms with Gasteiger partial charge in [-0.1, -0.05) is 31.5 Å². The Kier molecular flexibility index (Phi) is 9.60. The maximum atomic E-state index is 13.1. The quantitative estimate of drug-likeness (QED) is 0.707. The molecule has 1 aromatic rings. The average Bonchev–Trinajstić information content (AvgIpc) is 2.41. The molecule has 0 radical (unpaired) electrons. The van der Waals surface area contributed by atoms with Gasteiger partial charge in [-0.25, -0.2) is 4.39 Å². The molecule has 0 fully saturated rings. The zero-order valence-electron chi connectivity index (χ0n) is 13.0. The van der Waals surface area contributed by atoms with Crippen LogP contribution in [-0.4, -0.2) is 39.3 Å². The highest BCUT2D eigenvalue weighted by Gasteiger charge is 2.24. The van der Waals surface area contributed by atoms with Crippen LogP contribution in [-0.2, 0) is 14.9 Å². The summed E-state index contributed by atoms with van der Waals surface area (Å²) in [5, 5.41) is 6.18. The van der Waals surface area contributed by atoms with Crippen LogP contribution in [0.2, 0.25) is 5.02 Å². The van der Waals surface area contributed by atoms with Crippen LogP contribution in [0.1, 0.15) is 19.4 Å². The highest BCUT2D eigenvalue weighted by atomic mass is 35.5. The molecule has 0 unspecified atom stereocenters. The molecule has 0 spiro atoms. The molecule has 0 aromatic heterocycles. The molecule has 7 heteroatoms. The molecule has 0 aliphatic rings. The number of methoxy groups -OCH3 is 1. The third kappa shape index (κ3) is 6.92. The van der Waals surface area contributed by atoms with Gasteiger partial charge in [0.15, 0.2) is 0 Å². The van der Waals surface area contributed by atoms with Gasteiger partial charge in [-0.3, -0.25) is 4.79 Å². The normalized spacial score (nSPS) is 11.0. The molecule has 126 valence electrons. The number of halogens is 3. The summed E-state index contributed by atoms with van der Waals surface area (Å²) in [7, 11) is 1.61. The highest BCUT2D eigenvalue weighted by molar-refractivity contribution is 6.31. The Hall–Kier alpha value is -0.880. The molecule has 0 saturated carbocycles. The summed E-state index contributed by atoms with van der Waals surface area (Å²) < 4.78 is 18.0. The standard InChI is InChI=1S/C15H22ClFN2O2.ClH/c1-15(2,12-5-4-11(17)8-13(12)16)10-19-14(20)9-18-6-7-21-3;/h4-5,8,18H,6-7,9-10H2,1-3H3,(H,19,20);1H. The number of carbonyl (C=O) groups is 1. The molecule has 22 heavy (non-hydrogen) atoms. The van der Waals surface area contributed by atoms with Crippen LogP contribution in [0.3, 0.4) is 0 Å². The van der Waals surface area contributed by atoms with Gasteiger partial charge in [0, 0.05) is 30.6 Å². The lowest BCUT2D eigenvalue weighted by atomic mass is 9.84. The first kappa shape index (κ1) is 21.1. The second kappa shape index (κ2) is 10.0. The van der Waals surface area contributed by atoms with E-state index < -0.39 is 0 Å². The Morgan fingerprint density at radius 3 is 2.68 bits per heavy atom. The van der Waals surface area contributed by atoms with Crippen molar-refractivity contribution in [1.82, 2.24) is 10.6 Å². The lowest BCUT2D eigenvalue weighted by Gasteiger charge is -2.26. The number of benzene rings is 1. The number of rotatable bonds is 8. The molecule has 4 nitrogen and oxygen atoms in total. The minimum atomic E-state index is -0.382. The highest BCUT2D eigenvalue weighted by Crippen LogP contribution is 2.29. The summed E-state index contributed by atoms with van der Waals surface area (Å²) in [4.78, 5) is 11.7. The predicted octanol–water partition coefficient (Wildman–Crippen LogP) is 2.53. The van der Waals surface area contributed by atoms with Crippen molar-refractivity contribution < 1.29 is 13.9 Å². The van der Waals surface area contributed by atoms with Crippen LogP contribution >= 0.6 is 24.0 Å². The van der Waals surface area contributed by atoms with Gasteiger partial charge in [0.2, 0.25) is 5.91 Å². The van der Waals surface area contributed by atoms with Crippen molar-refractivity contribution in [1.29, 1.82) is 0 Å². The molecular formula is C15H23Cl2FN2O2. The summed E-state index contributed by atoms with van der Waals surface area (Å²) in [5.41, 5.74) is 0.422. The fourth-order valence-electron chi connectivity index (χ4n) is 1.89. The molecule has 0 saturated heterocycles. The van der Waals surface area contributed by atoms with E-state index in [1.165, 1.54) is 12.1 Å². The Balaban J connectivity index is 0.00000441. The van der Waals surface area contributed by atoms with Crippen molar-refractivity contribution in [3.8, 4) is 0 Å². The molecule has 0 aliphatic carbocycles. The zero-order chi connectivity index (χ0) is 15.9. The van der Waals surface area contributed by atoms with Crippen LogP contribution in [0, 0.1) is 5.82 Å². The van der Waals surface area contributed by atoms with E-state index in [0.29, 0.717) is 24.7 Å². The number of nitrogens with one attached hydrogen (secondary N) is 2. The van der Waals surface area contributed by atoms with Crippen molar-refractivity contribution in [2.24, 2.45) is 0 Å². The number of ether oxygens (including phenoxy) is 1. The third-order valence-electron chi connectivity index (χ3n) is 3.16. The van der Waals surface area contributed by atoms with Gasteiger partial charge in [0.1, 0.15) is 5.82 Å². The Labute approximate surface area is 142 Å². The monoisotopic (exact) mass is 352 g/mol. The van der Waals surface area contributed by atoms with E-state index in [9.17, 15) is 9.18 Å². The second-order valence-corrected chi connectivity index (χ2v) is 5.86. The van der Waals surface area contributed by atoms with Crippen molar-refractivity contribution >= 4 is 29.9 Å². The summed E-state index contributed by atoms with van der Waals surface area (Å²) in [5.74, 6) is -0.469. The maximum absolute atomic E-state index is 13.1. The average molecular weight is 353 g/mol. The van der Waals surface area contributed by atoms with E-state index in [1.54, 1.807) is 13.2 Å². The van der Waals surface area contributed by atoms with Crippen LogP contribution in [0.4, 0.5) is 4.39 Å². The largest absolute Gasteiger partial charge is 0.383 e.